The average molecular weight is 366 g/mol. The number of thioether (sulfide) groups is 1. The molecule has 0 aromatic carbocycles. The van der Waals surface area contributed by atoms with Gasteiger partial charge in [-0.25, -0.2) is 0 Å². The van der Waals surface area contributed by atoms with E-state index in [4.69, 9.17) is 5.73 Å². The lowest BCUT2D eigenvalue weighted by atomic mass is 9.92. The minimum atomic E-state index is 0. The SMILES string of the molecule is CC(N)C1CCCN(C(=O)CSCc2ccccn2)C1.Cl.Cl. The molecule has 126 valence electrons. The molecule has 1 amide bonds. The topological polar surface area (TPSA) is 59.2 Å². The maximum absolute atomic E-state index is 12.2. The van der Waals surface area contributed by atoms with Crippen molar-refractivity contribution in [2.45, 2.75) is 31.6 Å². The number of carbonyl (C=O) groups excluding carboxylic acids is 1. The fourth-order valence-corrected chi connectivity index (χ4v) is 3.32. The smallest absolute Gasteiger partial charge is 0.232 e. The Labute approximate surface area is 149 Å². The van der Waals surface area contributed by atoms with Crippen molar-refractivity contribution in [3.8, 4) is 0 Å². The molecule has 2 heterocycles. The third kappa shape index (κ3) is 6.73. The molecule has 1 saturated heterocycles. The molecule has 2 unspecified atom stereocenters. The molecule has 0 bridgehead atoms. The molecule has 2 atom stereocenters. The summed E-state index contributed by atoms with van der Waals surface area (Å²) < 4.78 is 0. The van der Waals surface area contributed by atoms with Gasteiger partial charge in [0.2, 0.25) is 5.91 Å². The number of rotatable bonds is 5. The molecule has 2 N–H and O–H groups in total. The summed E-state index contributed by atoms with van der Waals surface area (Å²) >= 11 is 1.63. The van der Waals surface area contributed by atoms with Gasteiger partial charge in [0, 0.05) is 31.1 Å². The third-order valence-corrected chi connectivity index (χ3v) is 4.71. The van der Waals surface area contributed by atoms with Crippen molar-refractivity contribution >= 4 is 42.5 Å². The summed E-state index contributed by atoms with van der Waals surface area (Å²) in [6, 6.07) is 6.04. The van der Waals surface area contributed by atoms with E-state index in [1.807, 2.05) is 30.0 Å². The second-order valence-electron chi connectivity index (χ2n) is 5.42. The van der Waals surface area contributed by atoms with E-state index in [-0.39, 0.29) is 36.8 Å². The second-order valence-corrected chi connectivity index (χ2v) is 6.40. The number of halogens is 2. The molecule has 22 heavy (non-hydrogen) atoms. The molecule has 7 heteroatoms. The summed E-state index contributed by atoms with van der Waals surface area (Å²) in [7, 11) is 0. The van der Waals surface area contributed by atoms with Gasteiger partial charge in [-0.3, -0.25) is 9.78 Å². The van der Waals surface area contributed by atoms with Crippen LogP contribution in [0.4, 0.5) is 0 Å². The number of carbonyl (C=O) groups is 1. The number of pyridine rings is 1. The van der Waals surface area contributed by atoms with Crippen LogP contribution < -0.4 is 5.73 Å². The number of nitrogens with two attached hydrogens (primary N) is 1. The third-order valence-electron chi connectivity index (χ3n) is 3.76. The maximum Gasteiger partial charge on any atom is 0.232 e. The van der Waals surface area contributed by atoms with E-state index in [1.165, 1.54) is 0 Å². The second kappa shape index (κ2) is 11.1. The van der Waals surface area contributed by atoms with Crippen molar-refractivity contribution in [3.63, 3.8) is 0 Å². The van der Waals surface area contributed by atoms with Crippen molar-refractivity contribution in [2.75, 3.05) is 18.8 Å². The Hall–Kier alpha value is -0.490. The van der Waals surface area contributed by atoms with Crippen molar-refractivity contribution in [3.05, 3.63) is 30.1 Å². The van der Waals surface area contributed by atoms with Gasteiger partial charge in [-0.2, -0.15) is 0 Å². The van der Waals surface area contributed by atoms with Crippen LogP contribution in [-0.4, -0.2) is 40.7 Å². The number of aromatic nitrogens is 1. The molecule has 0 aliphatic carbocycles. The molecule has 1 aliphatic heterocycles. The largest absolute Gasteiger partial charge is 0.342 e. The van der Waals surface area contributed by atoms with Crippen LogP contribution in [0, 0.1) is 5.92 Å². The van der Waals surface area contributed by atoms with Gasteiger partial charge in [0.25, 0.3) is 0 Å². The van der Waals surface area contributed by atoms with Crippen LogP contribution in [0.1, 0.15) is 25.5 Å². The zero-order chi connectivity index (χ0) is 14.4. The van der Waals surface area contributed by atoms with Crippen LogP contribution in [0.3, 0.4) is 0 Å². The number of nitrogens with zero attached hydrogens (tertiary/aromatic N) is 2. The van der Waals surface area contributed by atoms with Gasteiger partial charge in [0.05, 0.1) is 11.4 Å². The van der Waals surface area contributed by atoms with E-state index in [1.54, 1.807) is 18.0 Å². The molecule has 1 fully saturated rings. The highest BCUT2D eigenvalue weighted by Gasteiger charge is 2.25. The average Bonchev–Trinajstić information content (AvgIpc) is 2.48. The monoisotopic (exact) mass is 365 g/mol. The van der Waals surface area contributed by atoms with Gasteiger partial charge in [-0.1, -0.05) is 6.07 Å². The number of amides is 1. The van der Waals surface area contributed by atoms with Crippen molar-refractivity contribution in [1.29, 1.82) is 0 Å². The van der Waals surface area contributed by atoms with Crippen molar-refractivity contribution < 1.29 is 4.79 Å². The molecule has 4 nitrogen and oxygen atoms in total. The van der Waals surface area contributed by atoms with Gasteiger partial charge >= 0.3 is 0 Å². The molecule has 1 aliphatic rings. The van der Waals surface area contributed by atoms with Crippen LogP contribution in [0.5, 0.6) is 0 Å². The number of hydrogen-bond donors (Lipinski definition) is 1. The van der Waals surface area contributed by atoms with E-state index in [0.717, 1.165) is 37.4 Å². The van der Waals surface area contributed by atoms with Crippen LogP contribution >= 0.6 is 36.6 Å². The zero-order valence-corrected chi connectivity index (χ0v) is 15.3. The summed E-state index contributed by atoms with van der Waals surface area (Å²) in [5, 5.41) is 0. The molecule has 2 rings (SSSR count). The first-order chi connectivity index (χ1) is 9.66. The first-order valence-electron chi connectivity index (χ1n) is 7.18. The van der Waals surface area contributed by atoms with Gasteiger partial charge in [0.1, 0.15) is 0 Å². The number of piperidine rings is 1. The molecule has 1 aromatic rings. The van der Waals surface area contributed by atoms with Crippen molar-refractivity contribution in [1.82, 2.24) is 9.88 Å². The summed E-state index contributed by atoms with van der Waals surface area (Å²) in [4.78, 5) is 18.4. The first-order valence-corrected chi connectivity index (χ1v) is 8.33. The van der Waals surface area contributed by atoms with Crippen LogP contribution in [0.2, 0.25) is 0 Å². The predicted molar refractivity (Wildman–Crippen MR) is 97.8 cm³/mol. The lowest BCUT2D eigenvalue weighted by Crippen LogP contribution is -2.45. The van der Waals surface area contributed by atoms with Gasteiger partial charge < -0.3 is 10.6 Å². The number of likely N-dealkylation sites (tertiary alicyclic amines) is 1. The van der Waals surface area contributed by atoms with E-state index in [9.17, 15) is 4.79 Å². The molecule has 0 saturated carbocycles. The van der Waals surface area contributed by atoms with E-state index < -0.39 is 0 Å². The minimum Gasteiger partial charge on any atom is -0.342 e. The van der Waals surface area contributed by atoms with Crippen LogP contribution in [-0.2, 0) is 10.5 Å². The summed E-state index contributed by atoms with van der Waals surface area (Å²) in [6.07, 6.45) is 4.00. The number of hydrogen-bond acceptors (Lipinski definition) is 4. The fraction of sp³-hybridized carbons (Fsp3) is 0.600. The highest BCUT2D eigenvalue weighted by Crippen LogP contribution is 2.20. The van der Waals surface area contributed by atoms with Gasteiger partial charge in [-0.15, -0.1) is 36.6 Å². The Morgan fingerprint density at radius 1 is 1.50 bits per heavy atom. The van der Waals surface area contributed by atoms with E-state index in [2.05, 4.69) is 4.98 Å². The lowest BCUT2D eigenvalue weighted by molar-refractivity contribution is -0.130. The predicted octanol–water partition coefficient (Wildman–Crippen LogP) is 2.74. The minimum absolute atomic E-state index is 0. The Morgan fingerprint density at radius 3 is 2.91 bits per heavy atom. The maximum atomic E-state index is 12.2. The molecular weight excluding hydrogens is 341 g/mol. The lowest BCUT2D eigenvalue weighted by Gasteiger charge is -2.34. The van der Waals surface area contributed by atoms with Crippen molar-refractivity contribution in [2.24, 2.45) is 11.7 Å². The molecule has 1 aromatic heterocycles. The summed E-state index contributed by atoms with van der Waals surface area (Å²) in [6.45, 7) is 3.74. The quantitative estimate of drug-likeness (QED) is 0.871. The Kier molecular flexibility index (Phi) is 10.9. The van der Waals surface area contributed by atoms with Crippen LogP contribution in [0.25, 0.3) is 0 Å². The van der Waals surface area contributed by atoms with E-state index >= 15 is 0 Å². The van der Waals surface area contributed by atoms with E-state index in [0.29, 0.717) is 11.7 Å². The Bertz CT molecular complexity index is 434. The summed E-state index contributed by atoms with van der Waals surface area (Å²) in [5.41, 5.74) is 6.98. The highest BCUT2D eigenvalue weighted by atomic mass is 35.5. The molecule has 0 radical (unpaired) electrons. The Morgan fingerprint density at radius 2 is 2.27 bits per heavy atom. The molecular formula is C15H25Cl2N3OS. The molecule has 0 spiro atoms. The Balaban J connectivity index is 0.00000220. The summed E-state index contributed by atoms with van der Waals surface area (Å²) in [5.74, 6) is 2.00. The van der Waals surface area contributed by atoms with Gasteiger partial charge in [-0.05, 0) is 37.8 Å². The van der Waals surface area contributed by atoms with Crippen LogP contribution in [0.15, 0.2) is 24.4 Å². The normalized spacial score (nSPS) is 18.8. The fourth-order valence-electron chi connectivity index (χ4n) is 2.48. The van der Waals surface area contributed by atoms with Gasteiger partial charge in [0.15, 0.2) is 0 Å². The standard InChI is InChI=1S/C15H23N3OS.2ClH/c1-12(16)13-5-4-8-18(9-13)15(19)11-20-10-14-6-2-3-7-17-14;;/h2-3,6-7,12-13H,4-5,8-11,16H2,1H3;2*1H. The zero-order valence-electron chi connectivity index (χ0n) is 12.8. The first kappa shape index (κ1) is 21.5. The highest BCUT2D eigenvalue weighted by molar-refractivity contribution is 7.99.